The molecule has 134 valence electrons. The molecule has 0 aliphatic heterocycles. The van der Waals surface area contributed by atoms with Gasteiger partial charge in [-0.05, 0) is 43.1 Å². The second-order valence-electron chi connectivity index (χ2n) is 7.26. The summed E-state index contributed by atoms with van der Waals surface area (Å²) in [6, 6.07) is 6.45. The second kappa shape index (κ2) is 8.58. The third-order valence-electron chi connectivity index (χ3n) is 4.44. The molecule has 24 heavy (non-hydrogen) atoms. The minimum atomic E-state index is -1.88. The van der Waals surface area contributed by atoms with Gasteiger partial charge in [0.2, 0.25) is 0 Å². The quantitative estimate of drug-likeness (QED) is 0.385. The zero-order valence-electron chi connectivity index (χ0n) is 15.6. The molecule has 3 nitrogen and oxygen atoms in total. The summed E-state index contributed by atoms with van der Waals surface area (Å²) in [6.45, 7) is 13.4. The van der Waals surface area contributed by atoms with E-state index in [9.17, 15) is 9.18 Å². The highest BCUT2D eigenvalue weighted by Crippen LogP contribution is 2.37. The van der Waals surface area contributed by atoms with E-state index in [1.165, 1.54) is 12.1 Å². The van der Waals surface area contributed by atoms with Gasteiger partial charge in [-0.15, -0.1) is 0 Å². The molecule has 1 aromatic carbocycles. The van der Waals surface area contributed by atoms with Crippen LogP contribution < -0.4 is 0 Å². The molecule has 0 fully saturated rings. The van der Waals surface area contributed by atoms with Gasteiger partial charge < -0.3 is 9.16 Å². The minimum Gasteiger partial charge on any atom is -0.463 e. The van der Waals surface area contributed by atoms with Crippen LogP contribution in [-0.2, 0) is 14.0 Å². The summed E-state index contributed by atoms with van der Waals surface area (Å²) in [5, 5.41) is 0.107. The molecular weight excluding hydrogens is 323 g/mol. The summed E-state index contributed by atoms with van der Waals surface area (Å²) in [7, 11) is -1.88. The summed E-state index contributed by atoms with van der Waals surface area (Å²) in [5.74, 6) is -0.802. The number of benzene rings is 1. The highest BCUT2D eigenvalue weighted by molar-refractivity contribution is 6.74. The number of rotatable bonds is 7. The van der Waals surface area contributed by atoms with E-state index in [0.29, 0.717) is 30.8 Å². The van der Waals surface area contributed by atoms with Crippen molar-refractivity contribution in [3.8, 4) is 0 Å². The lowest BCUT2D eigenvalue weighted by molar-refractivity contribution is -0.137. The van der Waals surface area contributed by atoms with E-state index in [4.69, 9.17) is 9.16 Å². The lowest BCUT2D eigenvalue weighted by atomic mass is 10.0. The topological polar surface area (TPSA) is 35.5 Å². The van der Waals surface area contributed by atoms with Crippen molar-refractivity contribution < 1.29 is 18.3 Å². The lowest BCUT2D eigenvalue weighted by Crippen LogP contribution is -2.41. The average Bonchev–Trinajstić information content (AvgIpc) is 2.45. The third-order valence-corrected chi connectivity index (χ3v) is 8.98. The third kappa shape index (κ3) is 5.87. The maximum atomic E-state index is 14.1. The molecule has 0 atom stereocenters. The Morgan fingerprint density at radius 3 is 2.42 bits per heavy atom. The van der Waals surface area contributed by atoms with Crippen LogP contribution in [0.25, 0.3) is 5.57 Å². The molecule has 0 unspecified atom stereocenters. The average molecular weight is 353 g/mol. The highest BCUT2D eigenvalue weighted by atomic mass is 28.4. The van der Waals surface area contributed by atoms with Gasteiger partial charge in [-0.25, -0.2) is 9.18 Å². The van der Waals surface area contributed by atoms with Crippen LogP contribution in [0.3, 0.4) is 0 Å². The Hall–Kier alpha value is -1.46. The Morgan fingerprint density at radius 2 is 1.88 bits per heavy atom. The summed E-state index contributed by atoms with van der Waals surface area (Å²) in [6.07, 6.45) is 1.84. The fourth-order valence-electron chi connectivity index (χ4n) is 1.97. The first-order chi connectivity index (χ1) is 11.1. The Kier molecular flexibility index (Phi) is 7.36. The molecule has 0 bridgehead atoms. The molecule has 0 amide bonds. The van der Waals surface area contributed by atoms with Crippen molar-refractivity contribution in [3.05, 3.63) is 41.7 Å². The van der Waals surface area contributed by atoms with E-state index >= 15 is 0 Å². The molecule has 1 aromatic rings. The summed E-state index contributed by atoms with van der Waals surface area (Å²) >= 11 is 0. The maximum Gasteiger partial charge on any atom is 0.331 e. The molecule has 5 heteroatoms. The van der Waals surface area contributed by atoms with E-state index in [0.717, 1.165) is 0 Å². The standard InChI is InChI=1S/C19H29FO3Si/c1-7-22-18(21)14-15(16-10-8-9-11-17(16)20)12-13-23-24(5,6)19(2,3)4/h8-11,14H,7,12-13H2,1-6H3/b15-14+. The van der Waals surface area contributed by atoms with Crippen LogP contribution in [0.5, 0.6) is 0 Å². The second-order valence-corrected chi connectivity index (χ2v) is 12.1. The van der Waals surface area contributed by atoms with Crippen LogP contribution in [0, 0.1) is 5.82 Å². The molecule has 0 aromatic heterocycles. The van der Waals surface area contributed by atoms with Crippen LogP contribution in [-0.4, -0.2) is 27.5 Å². The van der Waals surface area contributed by atoms with Crippen molar-refractivity contribution in [1.82, 2.24) is 0 Å². The summed E-state index contributed by atoms with van der Waals surface area (Å²) in [5.41, 5.74) is 1.02. The Balaban J connectivity index is 2.92. The molecule has 0 radical (unpaired) electrons. The van der Waals surface area contributed by atoms with E-state index < -0.39 is 14.3 Å². The number of carbonyl (C=O) groups is 1. The number of hydrogen-bond donors (Lipinski definition) is 0. The van der Waals surface area contributed by atoms with Crippen molar-refractivity contribution in [2.24, 2.45) is 0 Å². The van der Waals surface area contributed by atoms with Crippen molar-refractivity contribution in [2.75, 3.05) is 13.2 Å². The van der Waals surface area contributed by atoms with Gasteiger partial charge in [0.15, 0.2) is 8.32 Å². The lowest BCUT2D eigenvalue weighted by Gasteiger charge is -2.36. The maximum absolute atomic E-state index is 14.1. The predicted molar refractivity (Wildman–Crippen MR) is 98.8 cm³/mol. The van der Waals surface area contributed by atoms with E-state index in [-0.39, 0.29) is 10.9 Å². The summed E-state index contributed by atoms with van der Waals surface area (Å²) in [4.78, 5) is 11.8. The molecule has 0 N–H and O–H groups in total. The Labute approximate surface area is 146 Å². The van der Waals surface area contributed by atoms with Crippen molar-refractivity contribution in [3.63, 3.8) is 0 Å². The predicted octanol–water partition coefficient (Wildman–Crippen LogP) is 5.18. The number of esters is 1. The highest BCUT2D eigenvalue weighted by Gasteiger charge is 2.36. The van der Waals surface area contributed by atoms with Gasteiger partial charge in [-0.1, -0.05) is 39.0 Å². The van der Waals surface area contributed by atoms with Gasteiger partial charge in [0.1, 0.15) is 5.82 Å². The Morgan fingerprint density at radius 1 is 1.25 bits per heavy atom. The monoisotopic (exact) mass is 352 g/mol. The van der Waals surface area contributed by atoms with E-state index in [2.05, 4.69) is 33.9 Å². The first-order valence-electron chi connectivity index (χ1n) is 8.34. The van der Waals surface area contributed by atoms with E-state index in [1.807, 2.05) is 0 Å². The Bertz CT molecular complexity index is 589. The van der Waals surface area contributed by atoms with Crippen LogP contribution in [0.4, 0.5) is 4.39 Å². The van der Waals surface area contributed by atoms with Gasteiger partial charge in [0, 0.05) is 18.2 Å². The number of hydrogen-bond acceptors (Lipinski definition) is 3. The van der Waals surface area contributed by atoms with Gasteiger partial charge in [-0.2, -0.15) is 0 Å². The molecular formula is C19H29FO3Si. The van der Waals surface area contributed by atoms with Crippen LogP contribution >= 0.6 is 0 Å². The van der Waals surface area contributed by atoms with Gasteiger partial charge in [-0.3, -0.25) is 0 Å². The largest absolute Gasteiger partial charge is 0.463 e. The molecule has 0 spiro atoms. The zero-order chi connectivity index (χ0) is 18.4. The number of ether oxygens (including phenoxy) is 1. The van der Waals surface area contributed by atoms with Crippen molar-refractivity contribution >= 4 is 19.9 Å². The molecule has 0 saturated carbocycles. The minimum absolute atomic E-state index is 0.107. The number of halogens is 1. The fraction of sp³-hybridized carbons (Fsp3) is 0.526. The normalized spacial score (nSPS) is 13.0. The molecule has 1 rings (SSSR count). The molecule has 0 aliphatic rings. The van der Waals surface area contributed by atoms with Crippen LogP contribution in [0.1, 0.15) is 39.7 Å². The molecule has 0 heterocycles. The van der Waals surface area contributed by atoms with Crippen molar-refractivity contribution in [1.29, 1.82) is 0 Å². The van der Waals surface area contributed by atoms with Gasteiger partial charge in [0.05, 0.1) is 6.61 Å². The number of carbonyl (C=O) groups excluding carboxylic acids is 1. The molecule has 0 aliphatic carbocycles. The first-order valence-corrected chi connectivity index (χ1v) is 11.3. The van der Waals surface area contributed by atoms with Gasteiger partial charge in [0.25, 0.3) is 0 Å². The molecule has 0 saturated heterocycles. The van der Waals surface area contributed by atoms with Gasteiger partial charge >= 0.3 is 5.97 Å². The smallest absolute Gasteiger partial charge is 0.331 e. The SMILES string of the molecule is CCOC(=O)/C=C(\CCO[Si](C)(C)C(C)(C)C)c1ccccc1F. The summed E-state index contributed by atoms with van der Waals surface area (Å²) < 4.78 is 25.2. The van der Waals surface area contributed by atoms with Crippen LogP contribution in [0.15, 0.2) is 30.3 Å². The van der Waals surface area contributed by atoms with E-state index in [1.54, 1.807) is 25.1 Å². The fourth-order valence-corrected chi connectivity index (χ4v) is 3.01. The van der Waals surface area contributed by atoms with Crippen LogP contribution in [0.2, 0.25) is 18.1 Å². The first kappa shape index (κ1) is 20.6. The van der Waals surface area contributed by atoms with Crippen molar-refractivity contribution in [2.45, 2.75) is 52.2 Å². The zero-order valence-corrected chi connectivity index (χ0v) is 16.6.